The van der Waals surface area contributed by atoms with Gasteiger partial charge in [-0.1, -0.05) is 19.9 Å². The first kappa shape index (κ1) is 62.2. The number of carbonyl (C=O) groups is 3. The fourth-order valence-electron chi connectivity index (χ4n) is 14.6. The molecule has 4 bridgehead atoms. The molecule has 81 heavy (non-hydrogen) atoms. The van der Waals surface area contributed by atoms with Crippen LogP contribution in [0.15, 0.2) is 30.5 Å². The molecule has 450 valence electrons. The minimum atomic E-state index is -0.809. The molecule has 1 amide bonds. The van der Waals surface area contributed by atoms with E-state index in [2.05, 4.69) is 35.7 Å². The lowest BCUT2D eigenvalue weighted by Gasteiger charge is -2.69. The quantitative estimate of drug-likeness (QED) is 0.0367. The van der Waals surface area contributed by atoms with E-state index in [9.17, 15) is 14.4 Å². The molecule has 3 aromatic rings. The smallest absolute Gasteiger partial charge is 0.407 e. The highest BCUT2D eigenvalue weighted by atomic mass is 16.7. The molecule has 5 fully saturated rings. The van der Waals surface area contributed by atoms with Crippen LogP contribution in [0.25, 0.3) is 11.1 Å². The number of carbonyl (C=O) groups excluding carboxylic acids is 3. The number of aromatic nitrogens is 3. The van der Waals surface area contributed by atoms with Gasteiger partial charge in [-0.15, -0.1) is 0 Å². The first-order valence-corrected chi connectivity index (χ1v) is 28.3. The molecule has 3 unspecified atom stereocenters. The molecule has 4 heterocycles. The number of benzene rings is 1. The van der Waals surface area contributed by atoms with Crippen LogP contribution in [0.2, 0.25) is 0 Å². The molecule has 21 heteroatoms. The van der Waals surface area contributed by atoms with Crippen LogP contribution in [0, 0.1) is 23.2 Å². The van der Waals surface area contributed by atoms with E-state index in [1.807, 2.05) is 65.9 Å². The predicted molar refractivity (Wildman–Crippen MR) is 298 cm³/mol. The Balaban J connectivity index is 1.07. The predicted octanol–water partition coefficient (Wildman–Crippen LogP) is 8.12. The molecule has 4 saturated carbocycles. The standard InChI is InChI=1S/C60H89N5O16/c1-38-43(24-62-65(38)33-59-28-57(8)27-58(9,29-59)31-60(30-57,32-59)78-22-20-61-54(68)81-56(5,6)7)41-17-18-47(63-48(41)53(67)80-55(2,3)4)64-21-19-40-39(15-16-42(44(40)25-64)52(66)73-14)23-45-49(75-35-70-11)51(77-37-72-13)50(76-36-71-12)46(79-45)26-74-34-69-10/h15-18,24,45-46,49-51H,19-23,25-37H2,1-14H3,(H,61,68)/t45?,46-,49+,50-,51-,57?,58?,59?,60?/m0/s1. The van der Waals surface area contributed by atoms with Crippen molar-refractivity contribution in [3.63, 3.8) is 0 Å². The monoisotopic (exact) mass is 1140 g/mol. The highest BCUT2D eigenvalue weighted by molar-refractivity contribution is 5.96. The number of anilines is 1. The minimum Gasteiger partial charge on any atom is -0.465 e. The Morgan fingerprint density at radius 1 is 0.728 bits per heavy atom. The summed E-state index contributed by atoms with van der Waals surface area (Å²) >= 11 is 0. The first-order valence-electron chi connectivity index (χ1n) is 28.3. The zero-order valence-corrected chi connectivity index (χ0v) is 50.3. The third-order valence-corrected chi connectivity index (χ3v) is 16.2. The third kappa shape index (κ3) is 14.8. The number of esters is 2. The topological polar surface area (TPSA) is 217 Å². The Morgan fingerprint density at radius 3 is 2.00 bits per heavy atom. The maximum Gasteiger partial charge on any atom is 0.407 e. The molecule has 6 aliphatic rings. The molecule has 9 rings (SSSR count). The van der Waals surface area contributed by atoms with Gasteiger partial charge in [0.05, 0.1) is 43.8 Å². The van der Waals surface area contributed by atoms with Gasteiger partial charge in [-0.05, 0) is 145 Å². The Bertz CT molecular complexity index is 2650. The average Bonchev–Trinajstić information content (AvgIpc) is 3.90. The Morgan fingerprint density at radius 2 is 1.37 bits per heavy atom. The highest BCUT2D eigenvalue weighted by Crippen LogP contribution is 2.72. The lowest BCUT2D eigenvalue weighted by molar-refractivity contribution is -0.297. The van der Waals surface area contributed by atoms with Gasteiger partial charge < -0.3 is 71.8 Å². The highest BCUT2D eigenvalue weighted by Gasteiger charge is 2.66. The lowest BCUT2D eigenvalue weighted by Crippen LogP contribution is -2.64. The number of ether oxygens (including phenoxy) is 13. The zero-order valence-electron chi connectivity index (χ0n) is 50.3. The van der Waals surface area contributed by atoms with Crippen molar-refractivity contribution in [2.24, 2.45) is 16.2 Å². The second-order valence-electron chi connectivity index (χ2n) is 25.7. The molecule has 1 aromatic carbocycles. The summed E-state index contributed by atoms with van der Waals surface area (Å²) < 4.78 is 78.7. The van der Waals surface area contributed by atoms with E-state index in [-0.39, 0.29) is 67.9 Å². The summed E-state index contributed by atoms with van der Waals surface area (Å²) in [6.45, 7) is 20.2. The van der Waals surface area contributed by atoms with Crippen molar-refractivity contribution in [2.45, 2.75) is 174 Å². The van der Waals surface area contributed by atoms with Crippen LogP contribution in [0.5, 0.6) is 0 Å². The molecular formula is C60H89N5O16. The molecular weight excluding hydrogens is 1050 g/mol. The molecule has 2 aromatic heterocycles. The van der Waals surface area contributed by atoms with Crippen molar-refractivity contribution in [3.8, 4) is 11.1 Å². The van der Waals surface area contributed by atoms with Gasteiger partial charge >= 0.3 is 18.0 Å². The molecule has 7 atom stereocenters. The summed E-state index contributed by atoms with van der Waals surface area (Å²) in [6.07, 6.45) is 5.03. The normalized spacial score (nSPS) is 28.0. The van der Waals surface area contributed by atoms with Crippen LogP contribution in [-0.2, 0) is 87.5 Å². The van der Waals surface area contributed by atoms with Crippen LogP contribution in [0.1, 0.15) is 137 Å². The van der Waals surface area contributed by atoms with E-state index in [1.165, 1.54) is 14.2 Å². The van der Waals surface area contributed by atoms with Gasteiger partial charge in [0.1, 0.15) is 68.6 Å². The SMILES string of the molecule is COCOC[C@@H]1OC(Cc2ccc(C(=O)OC)c3c2CCN(c2ccc(-c4cnn(CC56CC7(C)CC(C)(C5)CC(OCCNC(=O)OC(C)(C)C)(C7)C6)c4C)c(C(=O)OC(C)(C)C)n2)C3)[C@@H](OCOC)[C@H](OCOC)[C@H]1OCOC. The third-order valence-electron chi connectivity index (χ3n) is 16.2. The summed E-state index contributed by atoms with van der Waals surface area (Å²) in [7, 11) is 7.53. The fraction of sp³-hybridized carbons (Fsp3) is 0.717. The summed E-state index contributed by atoms with van der Waals surface area (Å²) in [5.41, 5.74) is 3.94. The molecule has 2 aliphatic heterocycles. The zero-order chi connectivity index (χ0) is 58.5. The van der Waals surface area contributed by atoms with Gasteiger partial charge in [0.25, 0.3) is 0 Å². The first-order chi connectivity index (χ1) is 38.4. The van der Waals surface area contributed by atoms with Crippen LogP contribution in [-0.4, -0.2) is 169 Å². The van der Waals surface area contributed by atoms with E-state index in [4.69, 9.17) is 71.7 Å². The Labute approximate surface area is 477 Å². The van der Waals surface area contributed by atoms with E-state index in [1.54, 1.807) is 27.4 Å². The molecule has 0 spiro atoms. The number of rotatable bonds is 25. The van der Waals surface area contributed by atoms with Crippen LogP contribution in [0.3, 0.4) is 0 Å². The fourth-order valence-corrected chi connectivity index (χ4v) is 14.6. The molecule has 4 aliphatic carbocycles. The van der Waals surface area contributed by atoms with Gasteiger partial charge in [0, 0.05) is 77.9 Å². The number of methoxy groups -OCH3 is 5. The molecule has 1 saturated heterocycles. The van der Waals surface area contributed by atoms with Crippen molar-refractivity contribution in [2.75, 3.05) is 93.9 Å². The number of fused-ring (bicyclic) bond motifs is 1. The van der Waals surface area contributed by atoms with E-state index in [0.29, 0.717) is 56.0 Å². The summed E-state index contributed by atoms with van der Waals surface area (Å²) in [4.78, 5) is 47.8. The number of hydrogen-bond acceptors (Lipinski definition) is 19. The second kappa shape index (κ2) is 25.6. The summed E-state index contributed by atoms with van der Waals surface area (Å²) in [5, 5.41) is 7.93. The number of nitrogens with zero attached hydrogens (tertiary/aromatic N) is 4. The average molecular weight is 1140 g/mol. The van der Waals surface area contributed by atoms with Crippen LogP contribution < -0.4 is 10.2 Å². The maximum atomic E-state index is 14.5. The van der Waals surface area contributed by atoms with Crippen molar-refractivity contribution >= 4 is 23.8 Å². The van der Waals surface area contributed by atoms with Crippen molar-refractivity contribution in [3.05, 3.63) is 64.1 Å². The summed E-state index contributed by atoms with van der Waals surface area (Å²) in [6, 6.07) is 7.58. The molecule has 21 nitrogen and oxygen atoms in total. The number of nitrogens with one attached hydrogen (secondary N) is 1. The van der Waals surface area contributed by atoms with Crippen molar-refractivity contribution in [1.82, 2.24) is 20.1 Å². The largest absolute Gasteiger partial charge is 0.465 e. The number of alkyl carbamates (subject to hydrolysis) is 1. The Kier molecular flexibility index (Phi) is 19.7. The second-order valence-corrected chi connectivity index (χ2v) is 25.7. The van der Waals surface area contributed by atoms with Crippen LogP contribution in [0.4, 0.5) is 10.6 Å². The number of hydrogen-bond donors (Lipinski definition) is 1. The van der Waals surface area contributed by atoms with E-state index >= 15 is 0 Å². The van der Waals surface area contributed by atoms with Crippen LogP contribution >= 0.6 is 0 Å². The minimum absolute atomic E-state index is 0.0355. The van der Waals surface area contributed by atoms with Crippen molar-refractivity contribution < 1.29 is 76.0 Å². The maximum absolute atomic E-state index is 14.5. The summed E-state index contributed by atoms with van der Waals surface area (Å²) in [5.74, 6) is -0.496. The molecule has 0 radical (unpaired) electrons. The van der Waals surface area contributed by atoms with Gasteiger partial charge in [-0.25, -0.2) is 19.4 Å². The molecule has 1 N–H and O–H groups in total. The van der Waals surface area contributed by atoms with Gasteiger partial charge in [-0.3, -0.25) is 4.68 Å². The Hall–Kier alpha value is -4.81. The van der Waals surface area contributed by atoms with Gasteiger partial charge in [-0.2, -0.15) is 5.10 Å². The number of pyridine rings is 1. The van der Waals surface area contributed by atoms with E-state index < -0.39 is 59.8 Å². The van der Waals surface area contributed by atoms with Crippen molar-refractivity contribution in [1.29, 1.82) is 0 Å². The van der Waals surface area contributed by atoms with Gasteiger partial charge in [0.2, 0.25) is 0 Å². The lowest BCUT2D eigenvalue weighted by atomic mass is 9.39. The number of amides is 1. The van der Waals surface area contributed by atoms with Gasteiger partial charge in [0.15, 0.2) is 5.69 Å². The van der Waals surface area contributed by atoms with E-state index in [0.717, 1.165) is 66.5 Å².